The minimum atomic E-state index is -3.61. The fraction of sp³-hybridized carbons (Fsp3) is 0.421. The molecule has 1 fully saturated rings. The molecule has 0 spiro atoms. The van der Waals surface area contributed by atoms with Crippen LogP contribution in [0.1, 0.15) is 31.2 Å². The van der Waals surface area contributed by atoms with E-state index in [1.807, 2.05) is 0 Å². The van der Waals surface area contributed by atoms with Crippen LogP contribution in [0.3, 0.4) is 0 Å². The number of nitrogens with two attached hydrogens (primary N) is 2. The highest BCUT2D eigenvalue weighted by molar-refractivity contribution is 7.99. The van der Waals surface area contributed by atoms with Crippen LogP contribution in [-0.4, -0.2) is 47.4 Å². The molecule has 0 aliphatic carbocycles. The van der Waals surface area contributed by atoms with E-state index < -0.39 is 10.0 Å². The van der Waals surface area contributed by atoms with E-state index in [9.17, 15) is 13.2 Å². The summed E-state index contributed by atoms with van der Waals surface area (Å²) in [5.41, 5.74) is 12.3. The summed E-state index contributed by atoms with van der Waals surface area (Å²) in [7, 11) is -3.61. The standard InChI is InChI=1S/C19H26N6O3S2/c1-13-6-7-14(10-15(13)30(27,28)25-8-4-2-3-5-9-25)22-18(26)12-29-19-23-16(20)11-17(21)24-19/h6-7,10-11H,2-5,8-9,12H2,1H3,(H,22,26)(H4,20,21,23,24). The van der Waals surface area contributed by atoms with Crippen LogP contribution in [0, 0.1) is 6.92 Å². The average Bonchev–Trinajstić information content (AvgIpc) is 2.97. The van der Waals surface area contributed by atoms with Gasteiger partial charge in [-0.05, 0) is 37.5 Å². The van der Waals surface area contributed by atoms with Crippen molar-refractivity contribution in [2.75, 3.05) is 35.6 Å². The molecule has 2 heterocycles. The number of thioether (sulfide) groups is 1. The monoisotopic (exact) mass is 450 g/mol. The summed E-state index contributed by atoms with van der Waals surface area (Å²) >= 11 is 1.09. The molecular weight excluding hydrogens is 424 g/mol. The molecule has 3 rings (SSSR count). The molecule has 30 heavy (non-hydrogen) atoms. The second-order valence-corrected chi connectivity index (χ2v) is 9.98. The third-order valence-electron chi connectivity index (χ3n) is 4.73. The van der Waals surface area contributed by atoms with Gasteiger partial charge in [-0.3, -0.25) is 4.79 Å². The van der Waals surface area contributed by atoms with Gasteiger partial charge in [-0.2, -0.15) is 4.31 Å². The lowest BCUT2D eigenvalue weighted by molar-refractivity contribution is -0.113. The number of nitrogens with one attached hydrogen (secondary N) is 1. The average molecular weight is 451 g/mol. The summed E-state index contributed by atoms with van der Waals surface area (Å²) in [6.45, 7) is 2.81. The Morgan fingerprint density at radius 2 is 1.73 bits per heavy atom. The summed E-state index contributed by atoms with van der Waals surface area (Å²) < 4.78 is 27.8. The number of amides is 1. The number of benzene rings is 1. The van der Waals surface area contributed by atoms with E-state index in [0.717, 1.165) is 37.4 Å². The fourth-order valence-electron chi connectivity index (χ4n) is 3.23. The van der Waals surface area contributed by atoms with E-state index in [2.05, 4.69) is 15.3 Å². The first-order chi connectivity index (χ1) is 14.3. The van der Waals surface area contributed by atoms with Gasteiger partial charge in [0.15, 0.2) is 5.16 Å². The molecule has 1 amide bonds. The van der Waals surface area contributed by atoms with Gasteiger partial charge in [0.05, 0.1) is 10.6 Å². The Morgan fingerprint density at radius 3 is 2.37 bits per heavy atom. The van der Waals surface area contributed by atoms with Gasteiger partial charge < -0.3 is 16.8 Å². The summed E-state index contributed by atoms with van der Waals surface area (Å²) in [6, 6.07) is 6.35. The van der Waals surface area contributed by atoms with Crippen molar-refractivity contribution in [1.82, 2.24) is 14.3 Å². The van der Waals surface area contributed by atoms with Crippen LogP contribution in [0.5, 0.6) is 0 Å². The Labute approximate surface area is 180 Å². The number of carbonyl (C=O) groups is 1. The predicted molar refractivity (Wildman–Crippen MR) is 119 cm³/mol. The number of hydrogen-bond donors (Lipinski definition) is 3. The minimum absolute atomic E-state index is 0.0327. The van der Waals surface area contributed by atoms with Crippen LogP contribution < -0.4 is 16.8 Å². The van der Waals surface area contributed by atoms with Crippen molar-refractivity contribution in [1.29, 1.82) is 0 Å². The number of hydrogen-bond acceptors (Lipinski definition) is 8. The fourth-order valence-corrected chi connectivity index (χ4v) is 5.67. The van der Waals surface area contributed by atoms with Crippen molar-refractivity contribution in [3.05, 3.63) is 29.8 Å². The van der Waals surface area contributed by atoms with Crippen molar-refractivity contribution in [2.24, 2.45) is 0 Å². The normalized spacial score (nSPS) is 15.5. The Balaban J connectivity index is 1.70. The molecule has 9 nitrogen and oxygen atoms in total. The van der Waals surface area contributed by atoms with Crippen LogP contribution >= 0.6 is 11.8 Å². The number of rotatable bonds is 6. The van der Waals surface area contributed by atoms with Crippen molar-refractivity contribution < 1.29 is 13.2 Å². The van der Waals surface area contributed by atoms with E-state index in [-0.39, 0.29) is 28.2 Å². The van der Waals surface area contributed by atoms with Crippen LogP contribution in [0.2, 0.25) is 0 Å². The van der Waals surface area contributed by atoms with Crippen molar-refractivity contribution in [3.8, 4) is 0 Å². The summed E-state index contributed by atoms with van der Waals surface area (Å²) in [6.07, 6.45) is 3.81. The molecular formula is C19H26N6O3S2. The van der Waals surface area contributed by atoms with Crippen LogP contribution in [0.4, 0.5) is 17.3 Å². The van der Waals surface area contributed by atoms with Crippen LogP contribution in [-0.2, 0) is 14.8 Å². The Morgan fingerprint density at radius 1 is 1.10 bits per heavy atom. The molecule has 2 aromatic rings. The predicted octanol–water partition coefficient (Wildman–Crippen LogP) is 2.24. The molecule has 162 valence electrons. The highest BCUT2D eigenvalue weighted by atomic mass is 32.2. The first kappa shape index (κ1) is 22.3. The van der Waals surface area contributed by atoms with Gasteiger partial charge in [0.1, 0.15) is 11.6 Å². The zero-order chi connectivity index (χ0) is 21.7. The first-order valence-corrected chi connectivity index (χ1v) is 12.1. The van der Waals surface area contributed by atoms with E-state index in [4.69, 9.17) is 11.5 Å². The van der Waals surface area contributed by atoms with Gasteiger partial charge in [0.2, 0.25) is 15.9 Å². The number of nitrogen functional groups attached to an aromatic ring is 2. The topological polar surface area (TPSA) is 144 Å². The zero-order valence-electron chi connectivity index (χ0n) is 16.8. The van der Waals surface area contributed by atoms with Gasteiger partial charge in [0, 0.05) is 24.8 Å². The number of nitrogens with zero attached hydrogens (tertiary/aromatic N) is 3. The molecule has 1 aliphatic rings. The van der Waals surface area contributed by atoms with E-state index in [1.54, 1.807) is 23.4 Å². The number of aryl methyl sites for hydroxylation is 1. The molecule has 0 unspecified atom stereocenters. The van der Waals surface area contributed by atoms with Crippen LogP contribution in [0.15, 0.2) is 34.3 Å². The largest absolute Gasteiger partial charge is 0.383 e. The highest BCUT2D eigenvalue weighted by Crippen LogP contribution is 2.26. The molecule has 0 atom stereocenters. The van der Waals surface area contributed by atoms with Crippen LogP contribution in [0.25, 0.3) is 0 Å². The van der Waals surface area contributed by atoms with Gasteiger partial charge >= 0.3 is 0 Å². The molecule has 1 aliphatic heterocycles. The number of anilines is 3. The smallest absolute Gasteiger partial charge is 0.243 e. The maximum Gasteiger partial charge on any atom is 0.243 e. The number of carbonyl (C=O) groups excluding carboxylic acids is 1. The van der Waals surface area contributed by atoms with E-state index >= 15 is 0 Å². The maximum absolute atomic E-state index is 13.1. The second-order valence-electron chi connectivity index (χ2n) is 7.14. The van der Waals surface area contributed by atoms with Crippen molar-refractivity contribution in [3.63, 3.8) is 0 Å². The van der Waals surface area contributed by atoms with Gasteiger partial charge in [-0.1, -0.05) is 30.7 Å². The Hall–Kier alpha value is -2.37. The lowest BCUT2D eigenvalue weighted by Crippen LogP contribution is -2.32. The maximum atomic E-state index is 13.1. The van der Waals surface area contributed by atoms with Crippen molar-refractivity contribution >= 4 is 45.0 Å². The molecule has 1 saturated heterocycles. The molecule has 0 radical (unpaired) electrons. The number of aromatic nitrogens is 2. The van der Waals surface area contributed by atoms with Crippen molar-refractivity contribution in [2.45, 2.75) is 42.7 Å². The lowest BCUT2D eigenvalue weighted by Gasteiger charge is -2.21. The van der Waals surface area contributed by atoms with Gasteiger partial charge in [0.25, 0.3) is 0 Å². The minimum Gasteiger partial charge on any atom is -0.383 e. The quantitative estimate of drug-likeness (QED) is 0.449. The summed E-state index contributed by atoms with van der Waals surface area (Å²) in [5, 5.41) is 3.04. The molecule has 1 aromatic heterocycles. The lowest BCUT2D eigenvalue weighted by atomic mass is 10.2. The number of sulfonamides is 1. The third-order valence-corrected chi connectivity index (χ3v) is 7.62. The molecule has 0 bridgehead atoms. The van der Waals surface area contributed by atoms with Gasteiger partial charge in [-0.15, -0.1) is 0 Å². The van der Waals surface area contributed by atoms with E-state index in [1.165, 1.54) is 12.1 Å². The zero-order valence-corrected chi connectivity index (χ0v) is 18.4. The highest BCUT2D eigenvalue weighted by Gasteiger charge is 2.27. The third kappa shape index (κ3) is 5.61. The molecule has 1 aromatic carbocycles. The molecule has 11 heteroatoms. The Kier molecular flexibility index (Phi) is 7.16. The molecule has 5 N–H and O–H groups in total. The molecule has 0 saturated carbocycles. The SMILES string of the molecule is Cc1ccc(NC(=O)CSc2nc(N)cc(N)n2)cc1S(=O)(=O)N1CCCCCC1. The summed E-state index contributed by atoms with van der Waals surface area (Å²) in [4.78, 5) is 20.6. The first-order valence-electron chi connectivity index (χ1n) is 9.69. The summed E-state index contributed by atoms with van der Waals surface area (Å²) in [5.74, 6) is 0.177. The second kappa shape index (κ2) is 9.63. The van der Waals surface area contributed by atoms with Gasteiger partial charge in [-0.25, -0.2) is 18.4 Å². The Bertz CT molecular complexity index is 1000. The van der Waals surface area contributed by atoms with E-state index in [0.29, 0.717) is 29.5 Å².